The third-order valence-electron chi connectivity index (χ3n) is 4.88. The first-order valence-electron chi connectivity index (χ1n) is 5.42. The lowest BCUT2D eigenvalue weighted by molar-refractivity contribution is 0.157. The normalized spacial score (nSPS) is 50.1. The van der Waals surface area contributed by atoms with Gasteiger partial charge in [0, 0.05) is 17.5 Å². The number of hydrogen-bond donors (Lipinski definition) is 0. The molecule has 2 rings (SSSR count). The molecule has 0 amide bonds. The molecule has 0 aromatic rings. The average molecular weight is 179 g/mol. The molecule has 74 valence electrons. The summed E-state index contributed by atoms with van der Waals surface area (Å²) in [5.41, 5.74) is 3.73. The van der Waals surface area contributed by atoms with Crippen LogP contribution in [0, 0.1) is 5.41 Å². The molecule has 1 fully saturated rings. The standard InChI is InChI=1S/C12H21N/c1-8-9(2)12(5)6-7-13(10(8)3)11(12)4/h10-11H,6-7H2,1-5H3/t10?,11?,12-/m0/s1. The summed E-state index contributed by atoms with van der Waals surface area (Å²) in [7, 11) is 0. The van der Waals surface area contributed by atoms with Crippen molar-refractivity contribution in [3.05, 3.63) is 11.1 Å². The third-order valence-corrected chi connectivity index (χ3v) is 4.88. The molecule has 0 aliphatic carbocycles. The van der Waals surface area contributed by atoms with Crippen molar-refractivity contribution in [3.63, 3.8) is 0 Å². The third kappa shape index (κ3) is 0.969. The maximum atomic E-state index is 2.66. The van der Waals surface area contributed by atoms with Crippen LogP contribution in [0.5, 0.6) is 0 Å². The Morgan fingerprint density at radius 2 is 1.92 bits per heavy atom. The molecule has 1 saturated heterocycles. The summed E-state index contributed by atoms with van der Waals surface area (Å²) >= 11 is 0. The van der Waals surface area contributed by atoms with Gasteiger partial charge in [-0.3, -0.25) is 4.90 Å². The zero-order chi connectivity index (χ0) is 9.80. The summed E-state index contributed by atoms with van der Waals surface area (Å²) in [6.07, 6.45) is 1.35. The van der Waals surface area contributed by atoms with Gasteiger partial charge in [-0.25, -0.2) is 0 Å². The summed E-state index contributed by atoms with van der Waals surface area (Å²) < 4.78 is 0. The monoisotopic (exact) mass is 179 g/mol. The van der Waals surface area contributed by atoms with Crippen LogP contribution < -0.4 is 0 Å². The largest absolute Gasteiger partial charge is 0.293 e. The van der Waals surface area contributed by atoms with E-state index in [9.17, 15) is 0 Å². The minimum atomic E-state index is 0.469. The van der Waals surface area contributed by atoms with Gasteiger partial charge in [-0.1, -0.05) is 18.1 Å². The van der Waals surface area contributed by atoms with Gasteiger partial charge in [0.2, 0.25) is 0 Å². The van der Waals surface area contributed by atoms with E-state index < -0.39 is 0 Å². The predicted octanol–water partition coefficient (Wildman–Crippen LogP) is 2.83. The van der Waals surface area contributed by atoms with Crippen molar-refractivity contribution < 1.29 is 0 Å². The molecule has 0 radical (unpaired) electrons. The Morgan fingerprint density at radius 1 is 1.31 bits per heavy atom. The van der Waals surface area contributed by atoms with Gasteiger partial charge >= 0.3 is 0 Å². The minimum Gasteiger partial charge on any atom is -0.293 e. The van der Waals surface area contributed by atoms with Crippen molar-refractivity contribution in [2.24, 2.45) is 5.41 Å². The summed E-state index contributed by atoms with van der Waals surface area (Å²) in [5, 5.41) is 0. The van der Waals surface area contributed by atoms with Crippen LogP contribution in [0.4, 0.5) is 0 Å². The van der Waals surface area contributed by atoms with Gasteiger partial charge in [-0.05, 0) is 40.7 Å². The Kier molecular flexibility index (Phi) is 1.85. The van der Waals surface area contributed by atoms with E-state index in [1.807, 2.05) is 0 Å². The average Bonchev–Trinajstić information content (AvgIpc) is 2.37. The quantitative estimate of drug-likeness (QED) is 0.517. The molecule has 2 unspecified atom stereocenters. The fraction of sp³-hybridized carbons (Fsp3) is 0.833. The van der Waals surface area contributed by atoms with E-state index in [0.717, 1.165) is 6.04 Å². The topological polar surface area (TPSA) is 3.24 Å². The van der Waals surface area contributed by atoms with Crippen LogP contribution in [-0.4, -0.2) is 23.5 Å². The van der Waals surface area contributed by atoms with Crippen LogP contribution >= 0.6 is 0 Å². The van der Waals surface area contributed by atoms with Crippen molar-refractivity contribution >= 4 is 0 Å². The number of fused-ring (bicyclic) bond motifs is 2. The summed E-state index contributed by atoms with van der Waals surface area (Å²) in [5.74, 6) is 0. The van der Waals surface area contributed by atoms with Gasteiger partial charge in [0.05, 0.1) is 0 Å². The summed E-state index contributed by atoms with van der Waals surface area (Å²) in [4.78, 5) is 2.66. The minimum absolute atomic E-state index is 0.469. The van der Waals surface area contributed by atoms with E-state index in [1.165, 1.54) is 13.0 Å². The van der Waals surface area contributed by atoms with E-state index in [2.05, 4.69) is 39.5 Å². The highest BCUT2D eigenvalue weighted by molar-refractivity contribution is 5.30. The Balaban J connectivity index is 2.50. The van der Waals surface area contributed by atoms with Crippen molar-refractivity contribution in [1.82, 2.24) is 4.90 Å². The lowest BCUT2D eigenvalue weighted by atomic mass is 9.72. The molecular weight excluding hydrogens is 158 g/mol. The fourth-order valence-electron chi connectivity index (χ4n) is 3.17. The van der Waals surface area contributed by atoms with Crippen LogP contribution in [0.1, 0.15) is 41.0 Å². The molecule has 0 aromatic carbocycles. The van der Waals surface area contributed by atoms with E-state index in [1.54, 1.807) is 11.1 Å². The van der Waals surface area contributed by atoms with Crippen molar-refractivity contribution in [3.8, 4) is 0 Å². The smallest absolute Gasteiger partial charge is 0.0282 e. The Morgan fingerprint density at radius 3 is 2.54 bits per heavy atom. The first kappa shape index (κ1) is 9.26. The van der Waals surface area contributed by atoms with Crippen molar-refractivity contribution in [2.45, 2.75) is 53.1 Å². The second kappa shape index (κ2) is 2.60. The predicted molar refractivity (Wildman–Crippen MR) is 56.7 cm³/mol. The van der Waals surface area contributed by atoms with Crippen LogP contribution in [0.25, 0.3) is 0 Å². The molecule has 2 heterocycles. The van der Waals surface area contributed by atoms with E-state index in [-0.39, 0.29) is 0 Å². The maximum absolute atomic E-state index is 2.66. The molecule has 1 nitrogen and oxygen atoms in total. The molecule has 0 saturated carbocycles. The Hall–Kier alpha value is -0.300. The zero-order valence-corrected chi connectivity index (χ0v) is 9.52. The highest BCUT2D eigenvalue weighted by atomic mass is 15.2. The number of nitrogens with zero attached hydrogens (tertiary/aromatic N) is 1. The number of rotatable bonds is 0. The molecule has 0 N–H and O–H groups in total. The molecule has 0 aromatic heterocycles. The molecule has 1 heteroatoms. The van der Waals surface area contributed by atoms with Gasteiger partial charge in [0.1, 0.15) is 0 Å². The Bertz CT molecular complexity index is 266. The Labute approximate surface area is 81.8 Å². The van der Waals surface area contributed by atoms with Crippen LogP contribution in [0.3, 0.4) is 0 Å². The fourth-order valence-corrected chi connectivity index (χ4v) is 3.17. The van der Waals surface area contributed by atoms with Gasteiger partial charge in [-0.15, -0.1) is 0 Å². The molecule has 2 aliphatic heterocycles. The van der Waals surface area contributed by atoms with Gasteiger partial charge in [0.15, 0.2) is 0 Å². The number of hydrogen-bond acceptors (Lipinski definition) is 1. The van der Waals surface area contributed by atoms with E-state index in [4.69, 9.17) is 0 Å². The lowest BCUT2D eigenvalue weighted by Crippen LogP contribution is -2.46. The molecule has 4 atom stereocenters. The van der Waals surface area contributed by atoms with Crippen molar-refractivity contribution in [1.29, 1.82) is 0 Å². The first-order valence-corrected chi connectivity index (χ1v) is 5.42. The van der Waals surface area contributed by atoms with E-state index in [0.29, 0.717) is 11.5 Å². The van der Waals surface area contributed by atoms with E-state index >= 15 is 0 Å². The highest BCUT2D eigenvalue weighted by Crippen LogP contribution is 2.49. The second-order valence-electron chi connectivity index (χ2n) is 5.07. The van der Waals surface area contributed by atoms with Gasteiger partial charge in [0.25, 0.3) is 0 Å². The van der Waals surface area contributed by atoms with Crippen LogP contribution in [0.15, 0.2) is 11.1 Å². The lowest BCUT2D eigenvalue weighted by Gasteiger charge is -2.43. The van der Waals surface area contributed by atoms with Gasteiger partial charge < -0.3 is 0 Å². The zero-order valence-electron chi connectivity index (χ0n) is 9.52. The first-order chi connectivity index (χ1) is 5.98. The molecule has 2 bridgehead atoms. The highest BCUT2D eigenvalue weighted by Gasteiger charge is 2.48. The summed E-state index contributed by atoms with van der Waals surface area (Å²) in [6.45, 7) is 13.1. The van der Waals surface area contributed by atoms with Crippen molar-refractivity contribution in [2.75, 3.05) is 6.54 Å². The second-order valence-corrected chi connectivity index (χ2v) is 5.07. The molecule has 2 aliphatic rings. The maximum Gasteiger partial charge on any atom is 0.0282 e. The molecule has 13 heavy (non-hydrogen) atoms. The molecular formula is C12H21N. The molecule has 0 spiro atoms. The van der Waals surface area contributed by atoms with Crippen LogP contribution in [0.2, 0.25) is 0 Å². The SMILES string of the molecule is CC1=C(C)[C@]2(C)CC[N@](C1C)C2C. The summed E-state index contributed by atoms with van der Waals surface area (Å²) in [6, 6.07) is 1.41. The van der Waals surface area contributed by atoms with Gasteiger partial charge in [-0.2, -0.15) is 0 Å². The van der Waals surface area contributed by atoms with Crippen LogP contribution in [-0.2, 0) is 0 Å².